The van der Waals surface area contributed by atoms with Gasteiger partial charge in [0.2, 0.25) is 0 Å². The number of nitrogens with two attached hydrogens (primary N) is 1. The van der Waals surface area contributed by atoms with E-state index in [9.17, 15) is 0 Å². The van der Waals surface area contributed by atoms with Crippen LogP contribution in [0.1, 0.15) is 38.5 Å². The predicted molar refractivity (Wildman–Crippen MR) is 80.8 cm³/mol. The molecule has 0 radical (unpaired) electrons. The topological polar surface area (TPSA) is 59.6 Å². The van der Waals surface area contributed by atoms with Crippen LogP contribution in [-0.4, -0.2) is 32.3 Å². The van der Waals surface area contributed by atoms with Gasteiger partial charge in [0.25, 0.3) is 0 Å². The van der Waals surface area contributed by atoms with Crippen molar-refractivity contribution in [2.24, 2.45) is 16.1 Å². The van der Waals surface area contributed by atoms with Crippen molar-refractivity contribution < 1.29 is 4.74 Å². The second kappa shape index (κ2) is 6.78. The van der Waals surface area contributed by atoms with Crippen LogP contribution in [0.5, 0.6) is 0 Å². The van der Waals surface area contributed by atoms with Crippen LogP contribution in [0.4, 0.5) is 0 Å². The van der Waals surface area contributed by atoms with Gasteiger partial charge in [0.1, 0.15) is 0 Å². The van der Waals surface area contributed by atoms with E-state index in [1.807, 2.05) is 0 Å². The Hall–Kier alpha value is -0.0400. The smallest absolute Gasteiger partial charge is 0.188 e. The van der Waals surface area contributed by atoms with E-state index in [0.29, 0.717) is 17.4 Å². The minimum atomic E-state index is 0. The van der Waals surface area contributed by atoms with Gasteiger partial charge in [-0.05, 0) is 37.5 Å². The zero-order valence-electron chi connectivity index (χ0n) is 10.6. The average Bonchev–Trinajstić information content (AvgIpc) is 3.00. The van der Waals surface area contributed by atoms with Gasteiger partial charge in [0, 0.05) is 26.3 Å². The first-order valence-corrected chi connectivity index (χ1v) is 6.29. The van der Waals surface area contributed by atoms with Crippen molar-refractivity contribution in [3.63, 3.8) is 0 Å². The fourth-order valence-corrected chi connectivity index (χ4v) is 2.22. The zero-order valence-corrected chi connectivity index (χ0v) is 12.9. The number of ether oxygens (including phenoxy) is 1. The Bertz CT molecular complexity index is 262. The molecule has 5 heteroatoms. The summed E-state index contributed by atoms with van der Waals surface area (Å²) in [5, 5.41) is 3.23. The van der Waals surface area contributed by atoms with Crippen LogP contribution in [0.15, 0.2) is 4.99 Å². The maximum Gasteiger partial charge on any atom is 0.188 e. The molecule has 0 aromatic carbocycles. The summed E-state index contributed by atoms with van der Waals surface area (Å²) in [6.07, 6.45) is 7.47. The molecule has 0 atom stereocenters. The molecule has 100 valence electrons. The molecule has 0 amide bonds. The van der Waals surface area contributed by atoms with Crippen LogP contribution >= 0.6 is 24.0 Å². The highest BCUT2D eigenvalue weighted by atomic mass is 127. The van der Waals surface area contributed by atoms with Crippen molar-refractivity contribution in [2.45, 2.75) is 44.6 Å². The second-order valence-corrected chi connectivity index (χ2v) is 5.22. The molecule has 0 heterocycles. The van der Waals surface area contributed by atoms with Crippen LogP contribution in [0.2, 0.25) is 0 Å². The fourth-order valence-electron chi connectivity index (χ4n) is 2.22. The summed E-state index contributed by atoms with van der Waals surface area (Å²) in [7, 11) is 1.76. The van der Waals surface area contributed by atoms with Gasteiger partial charge < -0.3 is 15.8 Å². The Kier molecular flexibility index (Phi) is 5.99. The molecular weight excluding hydrogens is 329 g/mol. The Labute approximate surface area is 121 Å². The van der Waals surface area contributed by atoms with Gasteiger partial charge in [-0.25, -0.2) is 0 Å². The van der Waals surface area contributed by atoms with Gasteiger partial charge in [0.15, 0.2) is 5.96 Å². The average molecular weight is 353 g/mol. The summed E-state index contributed by atoms with van der Waals surface area (Å²) >= 11 is 0. The summed E-state index contributed by atoms with van der Waals surface area (Å²) in [6.45, 7) is 1.70. The zero-order chi connectivity index (χ0) is 11.4. The minimum absolute atomic E-state index is 0. The minimum Gasteiger partial charge on any atom is -0.385 e. The van der Waals surface area contributed by atoms with Crippen LogP contribution < -0.4 is 11.1 Å². The maximum absolute atomic E-state index is 5.84. The Morgan fingerprint density at radius 2 is 2.18 bits per heavy atom. The third-order valence-corrected chi connectivity index (χ3v) is 3.76. The van der Waals surface area contributed by atoms with E-state index >= 15 is 0 Å². The van der Waals surface area contributed by atoms with Gasteiger partial charge in [-0.3, -0.25) is 4.99 Å². The van der Waals surface area contributed by atoms with E-state index in [1.165, 1.54) is 32.1 Å². The molecule has 2 aliphatic carbocycles. The highest BCUT2D eigenvalue weighted by Gasteiger charge is 2.36. The lowest BCUT2D eigenvalue weighted by atomic mass is 9.67. The van der Waals surface area contributed by atoms with E-state index < -0.39 is 0 Å². The maximum atomic E-state index is 5.84. The first kappa shape index (κ1) is 15.0. The molecular formula is C12H24IN3O. The Morgan fingerprint density at radius 1 is 1.47 bits per heavy atom. The molecule has 0 spiro atoms. The molecule has 2 rings (SSSR count). The van der Waals surface area contributed by atoms with Crippen molar-refractivity contribution >= 4 is 29.9 Å². The van der Waals surface area contributed by atoms with Crippen molar-refractivity contribution in [1.29, 1.82) is 0 Å². The molecule has 2 saturated carbocycles. The lowest BCUT2D eigenvalue weighted by Gasteiger charge is -2.40. The number of halogens is 1. The third-order valence-electron chi connectivity index (χ3n) is 3.76. The fraction of sp³-hybridized carbons (Fsp3) is 0.917. The second-order valence-electron chi connectivity index (χ2n) is 5.22. The lowest BCUT2D eigenvalue weighted by molar-refractivity contribution is 0.0779. The monoisotopic (exact) mass is 353 g/mol. The molecule has 17 heavy (non-hydrogen) atoms. The van der Waals surface area contributed by atoms with Crippen LogP contribution in [-0.2, 0) is 4.74 Å². The quantitative estimate of drug-likeness (QED) is 0.436. The highest BCUT2D eigenvalue weighted by Crippen LogP contribution is 2.44. The van der Waals surface area contributed by atoms with Gasteiger partial charge in [0.05, 0.1) is 0 Å². The van der Waals surface area contributed by atoms with Crippen LogP contribution in [0, 0.1) is 5.41 Å². The summed E-state index contributed by atoms with van der Waals surface area (Å²) in [5.41, 5.74) is 6.22. The summed E-state index contributed by atoms with van der Waals surface area (Å²) in [6, 6.07) is 0.597. The van der Waals surface area contributed by atoms with Crippen LogP contribution in [0.25, 0.3) is 0 Å². The number of nitrogens with zero attached hydrogens (tertiary/aromatic N) is 1. The number of aliphatic imine (C=N–C) groups is 1. The standard InChI is InChI=1S/C12H23N3O.HI/c1-16-8-7-12(5-2-6-12)9-14-11(13)15-10-3-4-10;/h10H,2-9H2,1H3,(H3,13,14,15);1H. The summed E-state index contributed by atoms with van der Waals surface area (Å²) < 4.78 is 5.16. The summed E-state index contributed by atoms with van der Waals surface area (Å²) in [4.78, 5) is 4.48. The predicted octanol–water partition coefficient (Wildman–Crippen LogP) is 1.88. The van der Waals surface area contributed by atoms with E-state index in [2.05, 4.69) is 10.3 Å². The number of nitrogens with one attached hydrogen (secondary N) is 1. The molecule has 4 nitrogen and oxygen atoms in total. The number of guanidine groups is 1. The molecule has 3 N–H and O–H groups in total. The van der Waals surface area contributed by atoms with Crippen molar-refractivity contribution in [3.05, 3.63) is 0 Å². The van der Waals surface area contributed by atoms with E-state index in [4.69, 9.17) is 10.5 Å². The Balaban J connectivity index is 0.00000144. The molecule has 0 aromatic heterocycles. The number of rotatable bonds is 6. The largest absolute Gasteiger partial charge is 0.385 e. The van der Waals surface area contributed by atoms with Gasteiger partial charge in [-0.15, -0.1) is 24.0 Å². The number of hydrogen-bond donors (Lipinski definition) is 2. The van der Waals surface area contributed by atoms with E-state index in [1.54, 1.807) is 7.11 Å². The SMILES string of the molecule is COCCC1(CN=C(N)NC2CC2)CCC1.I. The first-order chi connectivity index (χ1) is 7.74. The van der Waals surface area contributed by atoms with Crippen molar-refractivity contribution in [1.82, 2.24) is 5.32 Å². The first-order valence-electron chi connectivity index (χ1n) is 6.29. The van der Waals surface area contributed by atoms with Crippen LogP contribution in [0.3, 0.4) is 0 Å². The van der Waals surface area contributed by atoms with Gasteiger partial charge in [-0.1, -0.05) is 6.42 Å². The third kappa shape index (κ3) is 4.62. The lowest BCUT2D eigenvalue weighted by Crippen LogP contribution is -2.38. The molecule has 0 aliphatic heterocycles. The normalized spacial score (nSPS) is 22.5. The van der Waals surface area contributed by atoms with Crippen molar-refractivity contribution in [2.75, 3.05) is 20.3 Å². The molecule has 2 aliphatic rings. The Morgan fingerprint density at radius 3 is 2.65 bits per heavy atom. The summed E-state index contributed by atoms with van der Waals surface area (Å²) in [5.74, 6) is 0.631. The van der Waals surface area contributed by atoms with Gasteiger partial charge >= 0.3 is 0 Å². The molecule has 0 aromatic rings. The van der Waals surface area contributed by atoms with E-state index in [-0.39, 0.29) is 24.0 Å². The molecule has 0 bridgehead atoms. The number of hydrogen-bond acceptors (Lipinski definition) is 2. The molecule has 0 saturated heterocycles. The number of methoxy groups -OCH3 is 1. The van der Waals surface area contributed by atoms with Gasteiger partial charge in [-0.2, -0.15) is 0 Å². The molecule has 0 unspecified atom stereocenters. The van der Waals surface area contributed by atoms with E-state index in [0.717, 1.165) is 19.6 Å². The molecule has 2 fully saturated rings. The highest BCUT2D eigenvalue weighted by molar-refractivity contribution is 14.0. The van der Waals surface area contributed by atoms with Crippen molar-refractivity contribution in [3.8, 4) is 0 Å².